The molecule has 7 heterocycles. The van der Waals surface area contributed by atoms with E-state index in [2.05, 4.69) is 28.2 Å². The molecule has 7 aliphatic heterocycles. The van der Waals surface area contributed by atoms with Gasteiger partial charge in [0, 0.05) is 33.6 Å². The van der Waals surface area contributed by atoms with Crippen LogP contribution in [0, 0.1) is 0 Å². The summed E-state index contributed by atoms with van der Waals surface area (Å²) in [5, 5.41) is 288. The van der Waals surface area contributed by atoms with Gasteiger partial charge in [0.05, 0.1) is 89.3 Å². The highest BCUT2D eigenvalue weighted by molar-refractivity contribution is 5.78. The van der Waals surface area contributed by atoms with Crippen molar-refractivity contribution in [1.29, 1.82) is 0 Å². The third kappa shape index (κ3) is 25.9. The lowest BCUT2D eigenvalue weighted by Gasteiger charge is -2.52. The molecule has 49 heteroatoms. The minimum atomic E-state index is -3.56. The van der Waals surface area contributed by atoms with E-state index in [1.54, 1.807) is 0 Å². The van der Waals surface area contributed by atoms with E-state index < -0.39 is 340 Å². The van der Waals surface area contributed by atoms with Gasteiger partial charge in [0.25, 0.3) is 11.6 Å². The van der Waals surface area contributed by atoms with E-state index in [-0.39, 0.29) is 12.8 Å². The Kier molecular flexibility index (Phi) is 41.6. The third-order valence-electron chi connectivity index (χ3n) is 22.6. The molecule has 0 radical (unpaired) electrons. The molecule has 49 nitrogen and oxygen atoms in total. The zero-order valence-electron chi connectivity index (χ0n) is 67.6. The van der Waals surface area contributed by atoms with Gasteiger partial charge in [-0.25, -0.2) is 9.59 Å². The Labute approximate surface area is 699 Å². The number of aliphatic hydroxyl groups excluding tert-OH is 23. The molecule has 0 bridgehead atoms. The molecule has 40 atom stereocenters. The zero-order chi connectivity index (χ0) is 90.5. The Hall–Kier alpha value is -4.66. The summed E-state index contributed by atoms with van der Waals surface area (Å²) in [5.74, 6) is -14.4. The molecule has 0 unspecified atom stereocenters. The number of ether oxygens (including phenoxy) is 14. The van der Waals surface area contributed by atoms with E-state index in [1.807, 2.05) is 0 Å². The molecule has 0 spiro atoms. The predicted octanol–water partition coefficient (Wildman–Crippen LogP) is -13.5. The molecule has 7 saturated heterocycles. The second kappa shape index (κ2) is 48.7. The standard InChI is InChI=1S/C73H126N4O45/c1-5-6-7-8-9-10-11-12-13-14-15-16-17-33(89)46(93)32(74-28-85)27-109-66-54(101)52(99)58(41(25-83)113-66)115-67-55(102)53(100)59(42(26-84)114-67)116-68-56(103)63(49(96)38(22-80)111-68)118-65-45(77-31(4)88)60(48(95)37(21-79)110-65)117-69-57(104)64(50(97)39(23-81)112-69)122-73(71(107)108)19-35(91)44(76-30(3)87)62(121-73)51(98)40(24-82)119-72(70(105)106)18-34(90)43(75-29(2)86)61(120-72)47(94)36(92)20-78/h28,32-69,78-84,89-104H,5-27H2,1-4H3,(H,74,85)(H,75,86)(H,76,87)(H,77,88)(H,105,106)(H,107,108)/t32-,33+,34-,35-,36+,37+,38+,39+,40+,41+,42+,43+,44+,45+,46-,47+,48-,49-,50-,51+,52+,53+,54+,55+,56+,57+,58+,59-,60+,61+,62+,63-,64-,65-,66+,67-,68+,69-,72+,73-/m0/s1. The topological polar surface area (TPSA) is 786 Å². The van der Waals surface area contributed by atoms with Crippen LogP contribution in [-0.2, 0) is 95.1 Å². The van der Waals surface area contributed by atoms with Crippen LogP contribution in [0.5, 0.6) is 0 Å². The number of nitrogens with one attached hydrogen (secondary N) is 4. The number of carboxylic acid groups (broad SMARTS) is 2. The van der Waals surface area contributed by atoms with Crippen LogP contribution in [0.3, 0.4) is 0 Å². The van der Waals surface area contributed by atoms with Crippen molar-refractivity contribution in [3.63, 3.8) is 0 Å². The van der Waals surface area contributed by atoms with Gasteiger partial charge in [-0.3, -0.25) is 19.2 Å². The normalized spacial score (nSPS) is 40.1. The van der Waals surface area contributed by atoms with Crippen molar-refractivity contribution in [1.82, 2.24) is 21.3 Å². The first-order valence-corrected chi connectivity index (χ1v) is 40.7. The van der Waals surface area contributed by atoms with Crippen LogP contribution in [0.1, 0.15) is 124 Å². The molecule has 4 amide bonds. The van der Waals surface area contributed by atoms with Crippen molar-refractivity contribution in [2.45, 2.75) is 368 Å². The summed E-state index contributed by atoms with van der Waals surface area (Å²) in [7, 11) is 0. The molecule has 708 valence electrons. The molecule has 0 aromatic heterocycles. The number of rotatable bonds is 48. The van der Waals surface area contributed by atoms with Gasteiger partial charge in [0.1, 0.15) is 165 Å². The monoisotopic (exact) mass is 1780 g/mol. The highest BCUT2D eigenvalue weighted by atomic mass is 16.8. The maximum Gasteiger partial charge on any atom is 0.364 e. The lowest BCUT2D eigenvalue weighted by Crippen LogP contribution is -2.72. The molecule has 0 aromatic carbocycles. The predicted molar refractivity (Wildman–Crippen MR) is 395 cm³/mol. The fourth-order valence-corrected chi connectivity index (χ4v) is 15.9. The fraction of sp³-hybridized carbons (Fsp3) is 0.918. The second-order valence-electron chi connectivity index (χ2n) is 31.6. The highest BCUT2D eigenvalue weighted by Crippen LogP contribution is 2.43. The van der Waals surface area contributed by atoms with Gasteiger partial charge < -0.3 is 215 Å². The van der Waals surface area contributed by atoms with Crippen molar-refractivity contribution in [2.75, 3.05) is 52.9 Å². The molecule has 122 heavy (non-hydrogen) atoms. The molecule has 7 fully saturated rings. The average molecular weight is 1780 g/mol. The number of amides is 4. The van der Waals surface area contributed by atoms with E-state index in [1.165, 1.54) is 38.5 Å². The molecular formula is C73H126N4O45. The van der Waals surface area contributed by atoms with Gasteiger partial charge in [-0.2, -0.15) is 0 Å². The van der Waals surface area contributed by atoms with Crippen LogP contribution in [0.25, 0.3) is 0 Å². The summed E-state index contributed by atoms with van der Waals surface area (Å²) in [6, 6.07) is -7.17. The summed E-state index contributed by atoms with van der Waals surface area (Å²) < 4.78 is 81.2. The van der Waals surface area contributed by atoms with Crippen molar-refractivity contribution in [2.24, 2.45) is 0 Å². The lowest BCUT2D eigenvalue weighted by molar-refractivity contribution is -0.393. The number of aliphatic carboxylic acids is 2. The number of unbranched alkanes of at least 4 members (excludes halogenated alkanes) is 11. The van der Waals surface area contributed by atoms with Gasteiger partial charge in [0.15, 0.2) is 31.5 Å². The first kappa shape index (κ1) is 104. The molecule has 7 aliphatic rings. The van der Waals surface area contributed by atoms with E-state index in [0.29, 0.717) is 6.42 Å². The number of carbonyl (C=O) groups excluding carboxylic acids is 4. The SMILES string of the molecule is CCCCCCCCCCCCCC[C@@H](O)[C@@H](O)[C@H](CO[C@@H]1O[C@H](CO)[C@@H](O[C@@H]2O[C@H](CO)[C@H](O[C@H]3O[C@H](CO)[C@H](O)[C@H](O[C@@H]4O[C@H](CO)[C@H](O)[C@H](O[C@@H]5O[C@H](CO)[C@H](O)[C@H](O[C@]6(C(=O)O)C[C@H](O)[C@@H](NC(C)=O)[C@H]([C@H](O)[C@@H](CO)O[C@]7(C(=O)O)C[C@H](O)[C@@H](NC(C)=O)[C@H]([C@H](O)[C@H](O)CO)O7)O6)[C@H]5O)[C@H]4NC(C)=O)[C@H]3O)[C@H](O)[C@H]2O)[C@H](O)[C@H]1O)NC=O. The van der Waals surface area contributed by atoms with Crippen molar-refractivity contribution in [3.05, 3.63) is 0 Å². The number of hydrogen-bond acceptors (Lipinski definition) is 43. The van der Waals surface area contributed by atoms with Crippen LogP contribution in [0.4, 0.5) is 0 Å². The van der Waals surface area contributed by atoms with Crippen LogP contribution < -0.4 is 21.3 Å². The molecule has 0 saturated carbocycles. The summed E-state index contributed by atoms with van der Waals surface area (Å²) in [4.78, 5) is 76.7. The van der Waals surface area contributed by atoms with E-state index in [4.69, 9.17) is 66.3 Å². The van der Waals surface area contributed by atoms with Crippen molar-refractivity contribution >= 4 is 36.1 Å². The third-order valence-corrected chi connectivity index (χ3v) is 22.6. The average Bonchev–Trinajstić information content (AvgIpc) is 0.762. The van der Waals surface area contributed by atoms with Gasteiger partial charge in [-0.15, -0.1) is 0 Å². The van der Waals surface area contributed by atoms with Crippen LogP contribution >= 0.6 is 0 Å². The van der Waals surface area contributed by atoms with Gasteiger partial charge in [-0.1, -0.05) is 84.0 Å². The van der Waals surface area contributed by atoms with E-state index >= 15 is 0 Å². The van der Waals surface area contributed by atoms with Gasteiger partial charge >= 0.3 is 11.9 Å². The Morgan fingerprint density at radius 3 is 1.27 bits per heavy atom. The first-order valence-electron chi connectivity index (χ1n) is 40.7. The van der Waals surface area contributed by atoms with E-state index in [0.717, 1.165) is 52.9 Å². The summed E-state index contributed by atoms with van der Waals surface area (Å²) in [6.07, 6.45) is -63.4. The summed E-state index contributed by atoms with van der Waals surface area (Å²) in [5.41, 5.74) is 0. The lowest BCUT2D eigenvalue weighted by atomic mass is 9.87. The van der Waals surface area contributed by atoms with Crippen LogP contribution in [-0.4, -0.2) is 461 Å². The first-order chi connectivity index (χ1) is 57.8. The zero-order valence-corrected chi connectivity index (χ0v) is 67.6. The highest BCUT2D eigenvalue weighted by Gasteiger charge is 2.64. The Bertz CT molecular complexity index is 3170. The maximum atomic E-state index is 13.7. The second-order valence-corrected chi connectivity index (χ2v) is 31.6. The number of aliphatic hydroxyl groups is 23. The Morgan fingerprint density at radius 2 is 0.811 bits per heavy atom. The van der Waals surface area contributed by atoms with Crippen molar-refractivity contribution in [3.8, 4) is 0 Å². The maximum absolute atomic E-state index is 13.7. The van der Waals surface area contributed by atoms with E-state index in [9.17, 15) is 156 Å². The van der Waals surface area contributed by atoms with Crippen molar-refractivity contribution < 1.29 is 223 Å². The fourth-order valence-electron chi connectivity index (χ4n) is 15.9. The smallest absolute Gasteiger partial charge is 0.364 e. The molecule has 7 rings (SSSR count). The largest absolute Gasteiger partial charge is 0.477 e. The van der Waals surface area contributed by atoms with Gasteiger partial charge in [0.2, 0.25) is 24.1 Å². The summed E-state index contributed by atoms with van der Waals surface area (Å²) in [6.45, 7) is -4.37. The quantitative estimate of drug-likeness (QED) is 0.0199. The van der Waals surface area contributed by atoms with Crippen LogP contribution in [0.2, 0.25) is 0 Å². The minimum absolute atomic E-state index is 0.165. The van der Waals surface area contributed by atoms with Gasteiger partial charge in [-0.05, 0) is 6.42 Å². The number of hydrogen-bond donors (Lipinski definition) is 29. The van der Waals surface area contributed by atoms with Crippen LogP contribution in [0.15, 0.2) is 0 Å². The number of carboxylic acids is 2. The summed E-state index contributed by atoms with van der Waals surface area (Å²) >= 11 is 0. The minimum Gasteiger partial charge on any atom is -0.477 e. The molecular weight excluding hydrogens is 1650 g/mol. The molecule has 0 aliphatic carbocycles. The molecule has 29 N–H and O–H groups in total. The Balaban J connectivity index is 1.05. The molecule has 0 aromatic rings. The Morgan fingerprint density at radius 1 is 0.426 bits per heavy atom. The number of carbonyl (C=O) groups is 6.